The van der Waals surface area contributed by atoms with Crippen LogP contribution in [-0.4, -0.2) is 10.3 Å². The van der Waals surface area contributed by atoms with E-state index < -0.39 is 0 Å². The molecule has 0 atom stereocenters. The van der Waals surface area contributed by atoms with Crippen LogP contribution in [0.3, 0.4) is 0 Å². The second-order valence-electron chi connectivity index (χ2n) is 1.01. The Hall–Kier alpha value is 0.160. The number of rotatable bonds is 2. The highest BCUT2D eigenvalue weighted by molar-refractivity contribution is 14.1. The maximum absolute atomic E-state index is 10.2. The lowest BCUT2D eigenvalue weighted by Gasteiger charge is -1.90. The fourth-order valence-corrected chi connectivity index (χ4v) is 0.648. The number of amides is 1. The molecule has 42 valence electrons. The van der Waals surface area contributed by atoms with Crippen LogP contribution < -0.4 is 11.3 Å². The van der Waals surface area contributed by atoms with Crippen molar-refractivity contribution < 1.29 is 4.79 Å². The average Bonchev–Trinajstić information content (AvgIpc) is 1.68. The Kier molecular flexibility index (Phi) is 4.42. The highest BCUT2D eigenvalue weighted by atomic mass is 127. The fourth-order valence-electron chi connectivity index (χ4n) is 0.158. The molecule has 0 aliphatic carbocycles. The molecule has 0 rings (SSSR count). The monoisotopic (exact) mass is 214 g/mol. The van der Waals surface area contributed by atoms with Gasteiger partial charge in [-0.15, -0.1) is 0 Å². The van der Waals surface area contributed by atoms with Gasteiger partial charge in [0.2, 0.25) is 5.91 Å². The van der Waals surface area contributed by atoms with Gasteiger partial charge < -0.3 is 0 Å². The molecule has 0 spiro atoms. The maximum atomic E-state index is 10.2. The molecule has 0 saturated heterocycles. The van der Waals surface area contributed by atoms with Crippen molar-refractivity contribution in [3.63, 3.8) is 0 Å². The molecule has 0 aromatic carbocycles. The molecule has 0 aliphatic heterocycles. The molecule has 0 aliphatic rings. The van der Waals surface area contributed by atoms with Crippen LogP contribution in [0.25, 0.3) is 0 Å². The number of alkyl halides is 1. The minimum Gasteiger partial charge on any atom is -0.294 e. The molecule has 3 nitrogen and oxygen atoms in total. The van der Waals surface area contributed by atoms with E-state index in [1.807, 2.05) is 5.43 Å². The topological polar surface area (TPSA) is 55.1 Å². The summed E-state index contributed by atoms with van der Waals surface area (Å²) in [5, 5.41) is 0. The highest BCUT2D eigenvalue weighted by Gasteiger charge is 1.91. The predicted molar refractivity (Wildman–Crippen MR) is 35.8 cm³/mol. The SMILES string of the molecule is NNC(=O)CCI. The van der Waals surface area contributed by atoms with Crippen LogP contribution in [0.4, 0.5) is 0 Å². The fraction of sp³-hybridized carbons (Fsp3) is 0.667. The Morgan fingerprint density at radius 2 is 2.43 bits per heavy atom. The van der Waals surface area contributed by atoms with E-state index in [1.165, 1.54) is 0 Å². The molecule has 0 fully saturated rings. The van der Waals surface area contributed by atoms with Gasteiger partial charge in [-0.1, -0.05) is 22.6 Å². The molecule has 0 saturated carbocycles. The first-order chi connectivity index (χ1) is 3.31. The molecule has 0 aromatic rings. The number of hydrogen-bond acceptors (Lipinski definition) is 2. The number of carbonyl (C=O) groups excluding carboxylic acids is 1. The van der Waals surface area contributed by atoms with Crippen LogP contribution in [0.5, 0.6) is 0 Å². The Labute approximate surface area is 55.8 Å². The van der Waals surface area contributed by atoms with Crippen molar-refractivity contribution in [1.82, 2.24) is 5.43 Å². The third-order valence-corrected chi connectivity index (χ3v) is 1.02. The lowest BCUT2D eigenvalue weighted by molar-refractivity contribution is -0.120. The van der Waals surface area contributed by atoms with Crippen molar-refractivity contribution in [2.24, 2.45) is 5.84 Å². The van der Waals surface area contributed by atoms with E-state index in [0.29, 0.717) is 6.42 Å². The quantitative estimate of drug-likeness (QED) is 0.220. The Morgan fingerprint density at radius 1 is 1.86 bits per heavy atom. The standard InChI is InChI=1S/C3H7IN2O/c4-2-1-3(7)6-5/h1-2,5H2,(H,6,7). The minimum absolute atomic E-state index is 0.102. The van der Waals surface area contributed by atoms with Crippen molar-refractivity contribution >= 4 is 28.5 Å². The molecule has 1 amide bonds. The van der Waals surface area contributed by atoms with E-state index in [-0.39, 0.29) is 5.91 Å². The van der Waals surface area contributed by atoms with Gasteiger partial charge in [0.15, 0.2) is 0 Å². The van der Waals surface area contributed by atoms with Gasteiger partial charge in [-0.2, -0.15) is 0 Å². The molecule has 4 heteroatoms. The largest absolute Gasteiger partial charge is 0.294 e. The number of hydrazine groups is 1. The summed E-state index contributed by atoms with van der Waals surface area (Å²) in [4.78, 5) is 10.2. The first-order valence-corrected chi connectivity index (χ1v) is 3.39. The van der Waals surface area contributed by atoms with Crippen LogP contribution in [0.1, 0.15) is 6.42 Å². The summed E-state index contributed by atoms with van der Waals surface area (Å²) in [7, 11) is 0. The van der Waals surface area contributed by atoms with E-state index in [2.05, 4.69) is 22.6 Å². The molecule has 7 heavy (non-hydrogen) atoms. The van der Waals surface area contributed by atoms with Gasteiger partial charge in [-0.25, -0.2) is 5.84 Å². The van der Waals surface area contributed by atoms with Crippen molar-refractivity contribution in [2.45, 2.75) is 6.42 Å². The number of carbonyl (C=O) groups is 1. The van der Waals surface area contributed by atoms with Crippen molar-refractivity contribution in [2.75, 3.05) is 4.43 Å². The normalized spacial score (nSPS) is 8.29. The van der Waals surface area contributed by atoms with E-state index in [4.69, 9.17) is 5.84 Å². The predicted octanol–water partition coefficient (Wildman–Crippen LogP) is -0.199. The van der Waals surface area contributed by atoms with Gasteiger partial charge in [0.1, 0.15) is 0 Å². The first-order valence-electron chi connectivity index (χ1n) is 1.86. The molecule has 0 aromatic heterocycles. The van der Waals surface area contributed by atoms with Gasteiger partial charge in [-0.3, -0.25) is 10.2 Å². The van der Waals surface area contributed by atoms with Crippen LogP contribution in [-0.2, 0) is 4.79 Å². The third kappa shape index (κ3) is 4.00. The first kappa shape index (κ1) is 7.16. The Bertz CT molecular complexity index is 66.0. The number of halogens is 1. The van der Waals surface area contributed by atoms with Crippen molar-refractivity contribution in [3.8, 4) is 0 Å². The smallest absolute Gasteiger partial charge is 0.234 e. The van der Waals surface area contributed by atoms with Gasteiger partial charge in [-0.05, 0) is 0 Å². The Morgan fingerprint density at radius 3 is 2.57 bits per heavy atom. The average molecular weight is 214 g/mol. The molecular weight excluding hydrogens is 207 g/mol. The second-order valence-corrected chi connectivity index (χ2v) is 2.09. The molecule has 3 N–H and O–H groups in total. The van der Waals surface area contributed by atoms with E-state index >= 15 is 0 Å². The van der Waals surface area contributed by atoms with Gasteiger partial charge in [0.25, 0.3) is 0 Å². The summed E-state index contributed by atoms with van der Waals surface area (Å²) in [6.07, 6.45) is 0.511. The van der Waals surface area contributed by atoms with Crippen LogP contribution in [0.2, 0.25) is 0 Å². The summed E-state index contributed by atoms with van der Waals surface area (Å²) in [6, 6.07) is 0. The number of nitrogens with two attached hydrogens (primary N) is 1. The molecule has 0 unspecified atom stereocenters. The molecule has 0 heterocycles. The Balaban J connectivity index is 3.00. The second kappa shape index (κ2) is 4.32. The summed E-state index contributed by atoms with van der Waals surface area (Å²) in [5.41, 5.74) is 2.02. The summed E-state index contributed by atoms with van der Waals surface area (Å²) in [5.74, 6) is 4.65. The maximum Gasteiger partial charge on any atom is 0.234 e. The van der Waals surface area contributed by atoms with Crippen molar-refractivity contribution in [3.05, 3.63) is 0 Å². The minimum atomic E-state index is -0.102. The molecule has 0 radical (unpaired) electrons. The molecular formula is C3H7IN2O. The van der Waals surface area contributed by atoms with Gasteiger partial charge in [0.05, 0.1) is 0 Å². The van der Waals surface area contributed by atoms with Crippen molar-refractivity contribution in [1.29, 1.82) is 0 Å². The zero-order chi connectivity index (χ0) is 5.70. The van der Waals surface area contributed by atoms with Crippen LogP contribution in [0, 0.1) is 0 Å². The zero-order valence-electron chi connectivity index (χ0n) is 3.78. The van der Waals surface area contributed by atoms with E-state index in [9.17, 15) is 4.79 Å². The zero-order valence-corrected chi connectivity index (χ0v) is 5.94. The lowest BCUT2D eigenvalue weighted by atomic mass is 10.5. The third-order valence-electron chi connectivity index (χ3n) is 0.483. The van der Waals surface area contributed by atoms with Gasteiger partial charge in [0, 0.05) is 10.8 Å². The summed E-state index contributed by atoms with van der Waals surface area (Å²) in [6.45, 7) is 0. The summed E-state index contributed by atoms with van der Waals surface area (Å²) >= 11 is 2.11. The lowest BCUT2D eigenvalue weighted by Crippen LogP contribution is -2.29. The number of hydrogen-bond donors (Lipinski definition) is 2. The summed E-state index contributed by atoms with van der Waals surface area (Å²) < 4.78 is 0.820. The van der Waals surface area contributed by atoms with Crippen LogP contribution in [0.15, 0.2) is 0 Å². The number of nitrogens with one attached hydrogen (secondary N) is 1. The van der Waals surface area contributed by atoms with E-state index in [1.54, 1.807) is 0 Å². The van der Waals surface area contributed by atoms with Gasteiger partial charge >= 0.3 is 0 Å². The van der Waals surface area contributed by atoms with E-state index in [0.717, 1.165) is 4.43 Å². The molecule has 0 bridgehead atoms. The highest BCUT2D eigenvalue weighted by Crippen LogP contribution is 1.85. The van der Waals surface area contributed by atoms with Crippen LogP contribution >= 0.6 is 22.6 Å².